The van der Waals surface area contributed by atoms with E-state index in [0.29, 0.717) is 0 Å². The van der Waals surface area contributed by atoms with E-state index in [9.17, 15) is 5.26 Å². The lowest BCUT2D eigenvalue weighted by atomic mass is 10.0. The molecule has 1 saturated heterocycles. The summed E-state index contributed by atoms with van der Waals surface area (Å²) in [6.45, 7) is 3.06. The fourth-order valence-corrected chi connectivity index (χ4v) is 3.86. The van der Waals surface area contributed by atoms with Gasteiger partial charge in [-0.15, -0.1) is 0 Å². The average molecular weight is 402 g/mol. The zero-order valence-corrected chi connectivity index (χ0v) is 17.3. The second-order valence-electron chi connectivity index (χ2n) is 7.52. The molecule has 158 valence electrons. The van der Waals surface area contributed by atoms with Crippen molar-refractivity contribution in [3.63, 3.8) is 0 Å². The summed E-state index contributed by atoms with van der Waals surface area (Å²) in [5.41, 5.74) is 7.36. The molecular weight excluding hydrogens is 370 g/mol. The zero-order chi connectivity index (χ0) is 20.6. The third kappa shape index (κ3) is 5.82. The number of aliphatic imine (C=N–C) groups is 1. The molecule has 2 N–H and O–H groups in total. The van der Waals surface area contributed by atoms with Crippen LogP contribution in [0.4, 0.5) is 0 Å². The first kappa shape index (κ1) is 21.4. The lowest BCUT2D eigenvalue weighted by molar-refractivity contribution is -0.105. The number of rotatable bonds is 7. The molecular formula is C21H31N5O3. The molecule has 1 aromatic carbocycles. The van der Waals surface area contributed by atoms with Crippen LogP contribution in [-0.2, 0) is 15.9 Å². The maximum absolute atomic E-state index is 9.34. The monoisotopic (exact) mass is 401 g/mol. The number of benzene rings is 1. The van der Waals surface area contributed by atoms with Gasteiger partial charge in [-0.2, -0.15) is 5.26 Å². The lowest BCUT2D eigenvalue weighted by Gasteiger charge is -2.35. The molecule has 2 heterocycles. The number of nitrogens with zero attached hydrogens (tertiary/aromatic N) is 4. The summed E-state index contributed by atoms with van der Waals surface area (Å²) in [6.07, 6.45) is 5.74. The van der Waals surface area contributed by atoms with E-state index in [-0.39, 0.29) is 24.7 Å². The number of piperidine rings is 1. The maximum atomic E-state index is 9.34. The molecule has 2 aliphatic heterocycles. The van der Waals surface area contributed by atoms with E-state index in [1.54, 1.807) is 0 Å². The standard InChI is InChI=1S/C21H31N5O3/c1-27-20(28-2)14-26(15-22)21(23)24-17-9-11-25(12-10-17)13-18-8-7-16-5-3-4-6-19(16)29-18/h3-6,17-18,20H,7-14H2,1-2H3,(H2,23,24). The predicted octanol–water partition coefficient (Wildman–Crippen LogP) is 1.56. The summed E-state index contributed by atoms with van der Waals surface area (Å²) in [5, 5.41) is 9.34. The molecule has 1 aromatic rings. The maximum Gasteiger partial charge on any atom is 0.205 e. The Morgan fingerprint density at radius 3 is 2.72 bits per heavy atom. The number of likely N-dealkylation sites (tertiary alicyclic amines) is 1. The van der Waals surface area contributed by atoms with Gasteiger partial charge in [-0.25, -0.2) is 9.89 Å². The quantitative estimate of drug-likeness (QED) is 0.243. The van der Waals surface area contributed by atoms with E-state index in [2.05, 4.69) is 34.3 Å². The summed E-state index contributed by atoms with van der Waals surface area (Å²) >= 11 is 0. The Hall–Kier alpha value is -2.34. The number of hydrogen-bond acceptors (Lipinski definition) is 6. The summed E-state index contributed by atoms with van der Waals surface area (Å²) in [4.78, 5) is 8.32. The van der Waals surface area contributed by atoms with Gasteiger partial charge in [-0.3, -0.25) is 4.90 Å². The van der Waals surface area contributed by atoms with Crippen LogP contribution in [0.3, 0.4) is 0 Å². The largest absolute Gasteiger partial charge is 0.489 e. The van der Waals surface area contributed by atoms with Crippen LogP contribution in [0, 0.1) is 11.5 Å². The van der Waals surface area contributed by atoms with E-state index >= 15 is 0 Å². The number of para-hydroxylation sites is 1. The fourth-order valence-electron chi connectivity index (χ4n) is 3.86. The Bertz CT molecular complexity index is 723. The Labute approximate surface area is 172 Å². The summed E-state index contributed by atoms with van der Waals surface area (Å²) in [6, 6.07) is 8.42. The SMILES string of the molecule is COC(CN(C#N)C(N)=NC1CCN(CC2CCc3ccccc3O2)CC1)OC. The number of fused-ring (bicyclic) bond motifs is 1. The summed E-state index contributed by atoms with van der Waals surface area (Å²) in [5.74, 6) is 1.25. The van der Waals surface area contributed by atoms with Crippen LogP contribution in [0.2, 0.25) is 0 Å². The lowest BCUT2D eigenvalue weighted by Crippen LogP contribution is -2.44. The van der Waals surface area contributed by atoms with Crippen molar-refractivity contribution in [2.24, 2.45) is 10.7 Å². The molecule has 1 atom stereocenters. The first-order valence-corrected chi connectivity index (χ1v) is 10.2. The fraction of sp³-hybridized carbons (Fsp3) is 0.619. The number of nitriles is 1. The first-order valence-electron chi connectivity index (χ1n) is 10.2. The molecule has 0 aromatic heterocycles. The summed E-state index contributed by atoms with van der Waals surface area (Å²) < 4.78 is 16.4. The van der Waals surface area contributed by atoms with E-state index < -0.39 is 6.29 Å². The van der Waals surface area contributed by atoms with Crippen LogP contribution in [0.5, 0.6) is 5.75 Å². The molecule has 0 bridgehead atoms. The molecule has 0 radical (unpaired) electrons. The highest BCUT2D eigenvalue weighted by molar-refractivity contribution is 5.79. The third-order valence-electron chi connectivity index (χ3n) is 5.59. The van der Waals surface area contributed by atoms with Gasteiger partial charge >= 0.3 is 0 Å². The van der Waals surface area contributed by atoms with E-state index in [0.717, 1.165) is 51.1 Å². The van der Waals surface area contributed by atoms with Crippen molar-refractivity contribution in [3.05, 3.63) is 29.8 Å². The molecule has 0 spiro atoms. The molecule has 2 aliphatic rings. The second kappa shape index (κ2) is 10.4. The van der Waals surface area contributed by atoms with Gasteiger partial charge in [0.2, 0.25) is 5.96 Å². The minimum Gasteiger partial charge on any atom is -0.489 e. The van der Waals surface area contributed by atoms with Crippen molar-refractivity contribution >= 4 is 5.96 Å². The first-order chi connectivity index (χ1) is 14.1. The topological polar surface area (TPSA) is 96.3 Å². The van der Waals surface area contributed by atoms with Crippen LogP contribution < -0.4 is 10.5 Å². The van der Waals surface area contributed by atoms with Crippen molar-refractivity contribution in [1.29, 1.82) is 5.26 Å². The van der Waals surface area contributed by atoms with Crippen LogP contribution in [0.15, 0.2) is 29.3 Å². The Morgan fingerprint density at radius 2 is 2.03 bits per heavy atom. The Balaban J connectivity index is 1.46. The third-order valence-corrected chi connectivity index (χ3v) is 5.59. The van der Waals surface area contributed by atoms with Gasteiger partial charge in [0.1, 0.15) is 11.9 Å². The number of nitrogens with two attached hydrogens (primary N) is 1. The molecule has 29 heavy (non-hydrogen) atoms. The van der Waals surface area contributed by atoms with Crippen molar-refractivity contribution < 1.29 is 14.2 Å². The molecule has 8 heteroatoms. The molecule has 1 fully saturated rings. The number of guanidine groups is 1. The highest BCUT2D eigenvalue weighted by Crippen LogP contribution is 2.28. The van der Waals surface area contributed by atoms with Crippen molar-refractivity contribution in [2.45, 2.75) is 44.1 Å². The van der Waals surface area contributed by atoms with Crippen molar-refractivity contribution in [2.75, 3.05) is 40.4 Å². The Kier molecular flexibility index (Phi) is 7.69. The van der Waals surface area contributed by atoms with Gasteiger partial charge in [0.15, 0.2) is 12.5 Å². The molecule has 0 amide bonds. The number of hydrogen-bond donors (Lipinski definition) is 1. The number of ether oxygens (including phenoxy) is 3. The van der Waals surface area contributed by atoms with E-state index in [1.165, 1.54) is 24.7 Å². The molecule has 1 unspecified atom stereocenters. The molecule has 0 saturated carbocycles. The van der Waals surface area contributed by atoms with Gasteiger partial charge in [0, 0.05) is 33.9 Å². The number of aryl methyl sites for hydroxylation is 1. The van der Waals surface area contributed by atoms with Gasteiger partial charge in [0.05, 0.1) is 12.6 Å². The molecule has 0 aliphatic carbocycles. The van der Waals surface area contributed by atoms with Crippen molar-refractivity contribution in [1.82, 2.24) is 9.80 Å². The Morgan fingerprint density at radius 1 is 1.31 bits per heavy atom. The van der Waals surface area contributed by atoms with E-state index in [1.807, 2.05) is 6.07 Å². The zero-order valence-electron chi connectivity index (χ0n) is 17.3. The van der Waals surface area contributed by atoms with E-state index in [4.69, 9.17) is 19.9 Å². The van der Waals surface area contributed by atoms with Crippen LogP contribution in [0.1, 0.15) is 24.8 Å². The highest BCUT2D eigenvalue weighted by Gasteiger charge is 2.26. The van der Waals surface area contributed by atoms with Gasteiger partial charge in [0.25, 0.3) is 0 Å². The molecule has 3 rings (SSSR count). The number of methoxy groups -OCH3 is 2. The van der Waals surface area contributed by atoms with Crippen molar-refractivity contribution in [3.8, 4) is 11.9 Å². The molecule has 8 nitrogen and oxygen atoms in total. The highest BCUT2D eigenvalue weighted by atomic mass is 16.7. The minimum atomic E-state index is -0.522. The average Bonchev–Trinajstić information content (AvgIpc) is 2.76. The normalized spacial score (nSPS) is 20.8. The van der Waals surface area contributed by atoms with Gasteiger partial charge in [-0.05, 0) is 37.3 Å². The predicted molar refractivity (Wildman–Crippen MR) is 110 cm³/mol. The van der Waals surface area contributed by atoms with Crippen LogP contribution >= 0.6 is 0 Å². The van der Waals surface area contributed by atoms with Gasteiger partial charge < -0.3 is 19.9 Å². The van der Waals surface area contributed by atoms with Gasteiger partial charge in [-0.1, -0.05) is 18.2 Å². The van der Waals surface area contributed by atoms with Crippen LogP contribution in [0.25, 0.3) is 0 Å². The minimum absolute atomic E-state index is 0.124. The second-order valence-corrected chi connectivity index (χ2v) is 7.52. The smallest absolute Gasteiger partial charge is 0.205 e. The van der Waals surface area contributed by atoms with Crippen LogP contribution in [-0.4, -0.2) is 74.6 Å². The summed E-state index contributed by atoms with van der Waals surface area (Å²) in [7, 11) is 3.06.